The number of carbonyl (C=O) groups excluding carboxylic acids is 1. The van der Waals surface area contributed by atoms with E-state index in [9.17, 15) is 4.79 Å². The van der Waals surface area contributed by atoms with Crippen LogP contribution in [0.1, 0.15) is 74.4 Å². The van der Waals surface area contributed by atoms with Gasteiger partial charge in [-0.05, 0) is 31.7 Å². The Bertz CT molecular complexity index is 606. The summed E-state index contributed by atoms with van der Waals surface area (Å²) in [6, 6.07) is 0. The molecule has 1 saturated carbocycles. The number of nitrogens with one attached hydrogen (secondary N) is 1. The first-order valence-corrected chi connectivity index (χ1v) is 10.1. The van der Waals surface area contributed by atoms with E-state index in [1.54, 1.807) is 0 Å². The van der Waals surface area contributed by atoms with Gasteiger partial charge in [0.05, 0.1) is 5.69 Å². The molecule has 0 unspecified atom stereocenters. The van der Waals surface area contributed by atoms with E-state index in [1.807, 2.05) is 11.1 Å². The van der Waals surface area contributed by atoms with Crippen molar-refractivity contribution in [3.05, 3.63) is 23.3 Å². The third kappa shape index (κ3) is 4.02. The van der Waals surface area contributed by atoms with Crippen molar-refractivity contribution in [3.63, 3.8) is 0 Å². The van der Waals surface area contributed by atoms with Crippen LogP contribution < -0.4 is 5.32 Å². The number of carbonyl (C=O) groups is 1. The standard InChI is InChI=1S/C20H30N4O/c25-19(8-7-15-4-1-2-5-15)24-11-9-18-17(14-24)13-22-20(23-18)16-6-3-10-21-12-16/h13,15-16,21H,1-12,14H2/t16-/m0/s1. The molecule has 1 aromatic rings. The van der Waals surface area contributed by atoms with Gasteiger partial charge in [-0.2, -0.15) is 0 Å². The molecule has 3 aliphatic rings. The van der Waals surface area contributed by atoms with Crippen molar-refractivity contribution in [1.82, 2.24) is 20.2 Å². The first-order valence-electron chi connectivity index (χ1n) is 10.1. The first-order chi connectivity index (χ1) is 12.3. The quantitative estimate of drug-likeness (QED) is 0.914. The highest BCUT2D eigenvalue weighted by molar-refractivity contribution is 5.76. The minimum absolute atomic E-state index is 0.318. The number of piperidine rings is 1. The second-order valence-electron chi connectivity index (χ2n) is 8.00. The van der Waals surface area contributed by atoms with Crippen LogP contribution >= 0.6 is 0 Å². The van der Waals surface area contributed by atoms with E-state index in [0.717, 1.165) is 55.5 Å². The summed E-state index contributed by atoms with van der Waals surface area (Å²) in [5.41, 5.74) is 2.31. The minimum atomic E-state index is 0.318. The third-order valence-electron chi connectivity index (χ3n) is 6.21. The Balaban J connectivity index is 1.35. The normalized spacial score (nSPS) is 24.3. The predicted octanol–water partition coefficient (Wildman–Crippen LogP) is 2.80. The summed E-state index contributed by atoms with van der Waals surface area (Å²) < 4.78 is 0. The van der Waals surface area contributed by atoms with Crippen molar-refractivity contribution in [1.29, 1.82) is 0 Å². The summed E-state index contributed by atoms with van der Waals surface area (Å²) in [4.78, 5) is 24.1. The highest BCUT2D eigenvalue weighted by Crippen LogP contribution is 2.29. The Hall–Kier alpha value is -1.49. The van der Waals surface area contributed by atoms with Crippen LogP contribution in [0.25, 0.3) is 0 Å². The molecule has 1 amide bonds. The molecule has 4 rings (SSSR count). The Morgan fingerprint density at radius 3 is 2.92 bits per heavy atom. The van der Waals surface area contributed by atoms with Gasteiger partial charge in [-0.1, -0.05) is 25.7 Å². The number of nitrogens with zero attached hydrogens (tertiary/aromatic N) is 3. The number of rotatable bonds is 4. The molecule has 1 atom stereocenters. The summed E-state index contributed by atoms with van der Waals surface area (Å²) in [5, 5.41) is 3.44. The Kier molecular flexibility index (Phi) is 5.30. The molecule has 1 saturated heterocycles. The van der Waals surface area contributed by atoms with Crippen molar-refractivity contribution in [2.24, 2.45) is 5.92 Å². The van der Waals surface area contributed by atoms with Crippen molar-refractivity contribution >= 4 is 5.91 Å². The lowest BCUT2D eigenvalue weighted by atomic mass is 9.97. The Morgan fingerprint density at radius 2 is 2.12 bits per heavy atom. The predicted molar refractivity (Wildman–Crippen MR) is 97.2 cm³/mol. The van der Waals surface area contributed by atoms with Crippen molar-refractivity contribution in [2.75, 3.05) is 19.6 Å². The first kappa shape index (κ1) is 17.0. The lowest BCUT2D eigenvalue weighted by Crippen LogP contribution is -2.37. The van der Waals surface area contributed by atoms with Gasteiger partial charge >= 0.3 is 0 Å². The fraction of sp³-hybridized carbons (Fsp3) is 0.750. The van der Waals surface area contributed by atoms with Crippen LogP contribution in [0.15, 0.2) is 6.20 Å². The van der Waals surface area contributed by atoms with E-state index >= 15 is 0 Å². The molecule has 5 nitrogen and oxygen atoms in total. The fourth-order valence-electron chi connectivity index (χ4n) is 4.60. The van der Waals surface area contributed by atoms with Crippen LogP contribution in [0.5, 0.6) is 0 Å². The molecule has 0 spiro atoms. The molecule has 0 radical (unpaired) electrons. The zero-order chi connectivity index (χ0) is 17.1. The Labute approximate surface area is 150 Å². The highest BCUT2D eigenvalue weighted by Gasteiger charge is 2.25. The summed E-state index contributed by atoms with van der Waals surface area (Å²) >= 11 is 0. The molecule has 1 aliphatic carbocycles. The zero-order valence-corrected chi connectivity index (χ0v) is 15.2. The van der Waals surface area contributed by atoms with Crippen molar-refractivity contribution in [3.8, 4) is 0 Å². The molecule has 2 aliphatic heterocycles. The van der Waals surface area contributed by atoms with Gasteiger partial charge < -0.3 is 10.2 Å². The lowest BCUT2D eigenvalue weighted by molar-refractivity contribution is -0.132. The van der Waals surface area contributed by atoms with Gasteiger partial charge in [-0.15, -0.1) is 0 Å². The van der Waals surface area contributed by atoms with Gasteiger partial charge in [0.15, 0.2) is 0 Å². The molecule has 1 aromatic heterocycles. The lowest BCUT2D eigenvalue weighted by Gasteiger charge is -2.29. The molecule has 136 valence electrons. The third-order valence-corrected chi connectivity index (χ3v) is 6.21. The number of aromatic nitrogens is 2. The van der Waals surface area contributed by atoms with E-state index < -0.39 is 0 Å². The van der Waals surface area contributed by atoms with E-state index in [-0.39, 0.29) is 0 Å². The number of amides is 1. The maximum atomic E-state index is 12.6. The molecule has 1 N–H and O–H groups in total. The Morgan fingerprint density at radius 1 is 1.24 bits per heavy atom. The van der Waals surface area contributed by atoms with Crippen LogP contribution in [0.2, 0.25) is 0 Å². The summed E-state index contributed by atoms with van der Waals surface area (Å²) in [5.74, 6) is 2.55. The monoisotopic (exact) mass is 342 g/mol. The smallest absolute Gasteiger partial charge is 0.222 e. The number of hydrogen-bond donors (Lipinski definition) is 1. The van der Waals surface area contributed by atoms with Gasteiger partial charge in [0.1, 0.15) is 5.82 Å². The zero-order valence-electron chi connectivity index (χ0n) is 15.2. The van der Waals surface area contributed by atoms with Gasteiger partial charge in [0, 0.05) is 50.2 Å². The van der Waals surface area contributed by atoms with Gasteiger partial charge in [-0.3, -0.25) is 4.79 Å². The minimum Gasteiger partial charge on any atom is -0.338 e. The molecule has 25 heavy (non-hydrogen) atoms. The number of hydrogen-bond acceptors (Lipinski definition) is 4. The molecule has 0 bridgehead atoms. The summed E-state index contributed by atoms with van der Waals surface area (Å²) in [6.07, 6.45) is 12.4. The molecular formula is C20H30N4O. The van der Waals surface area contributed by atoms with E-state index in [2.05, 4.69) is 10.3 Å². The van der Waals surface area contributed by atoms with Crippen LogP contribution in [0, 0.1) is 5.92 Å². The van der Waals surface area contributed by atoms with Gasteiger partial charge in [0.2, 0.25) is 5.91 Å². The van der Waals surface area contributed by atoms with Crippen LogP contribution in [0.3, 0.4) is 0 Å². The second-order valence-corrected chi connectivity index (χ2v) is 8.00. The molecule has 2 fully saturated rings. The SMILES string of the molecule is O=C(CCC1CCCC1)N1CCc2nc([C@H]3CCCNC3)ncc2C1. The number of fused-ring (bicyclic) bond motifs is 1. The molecular weight excluding hydrogens is 312 g/mol. The summed E-state index contributed by atoms with van der Waals surface area (Å²) in [7, 11) is 0. The maximum Gasteiger partial charge on any atom is 0.222 e. The van der Waals surface area contributed by atoms with E-state index in [4.69, 9.17) is 4.98 Å². The van der Waals surface area contributed by atoms with Gasteiger partial charge in [0.25, 0.3) is 0 Å². The molecule has 5 heteroatoms. The van der Waals surface area contributed by atoms with Crippen molar-refractivity contribution < 1.29 is 4.79 Å². The van der Waals surface area contributed by atoms with Crippen LogP contribution in [-0.2, 0) is 17.8 Å². The molecule has 0 aromatic carbocycles. The van der Waals surface area contributed by atoms with Crippen molar-refractivity contribution in [2.45, 2.75) is 70.3 Å². The van der Waals surface area contributed by atoms with Gasteiger partial charge in [-0.25, -0.2) is 9.97 Å². The van der Waals surface area contributed by atoms with E-state index in [1.165, 1.54) is 38.5 Å². The maximum absolute atomic E-state index is 12.6. The second kappa shape index (κ2) is 7.81. The summed E-state index contributed by atoms with van der Waals surface area (Å²) in [6.45, 7) is 3.61. The van der Waals surface area contributed by atoms with Crippen LogP contribution in [-0.4, -0.2) is 40.4 Å². The fourth-order valence-corrected chi connectivity index (χ4v) is 4.60. The molecule has 3 heterocycles. The largest absolute Gasteiger partial charge is 0.338 e. The van der Waals surface area contributed by atoms with Crippen LogP contribution in [0.4, 0.5) is 0 Å². The topological polar surface area (TPSA) is 58.1 Å². The highest BCUT2D eigenvalue weighted by atomic mass is 16.2. The van der Waals surface area contributed by atoms with E-state index in [0.29, 0.717) is 24.8 Å². The average Bonchev–Trinajstić information content (AvgIpc) is 3.19. The average molecular weight is 342 g/mol.